The molecule has 0 radical (unpaired) electrons. The molecule has 0 aliphatic carbocycles. The Kier molecular flexibility index (Phi) is 6.22. The standard InChI is InChI=1S/C14H22N2O2/c1-11(15)10-12-6-3-4-7-13(12)18-9-5-8-14(17)16-2/h3-4,6-7,11H,5,8-10,15H2,1-2H3,(H,16,17). The van der Waals surface area contributed by atoms with Crippen molar-refractivity contribution in [3.8, 4) is 5.75 Å². The summed E-state index contributed by atoms with van der Waals surface area (Å²) in [6, 6.07) is 8.00. The first-order valence-corrected chi connectivity index (χ1v) is 6.30. The van der Waals surface area contributed by atoms with Crippen LogP contribution in [0.25, 0.3) is 0 Å². The van der Waals surface area contributed by atoms with Crippen LogP contribution in [0.4, 0.5) is 0 Å². The first kappa shape index (κ1) is 14.5. The minimum atomic E-state index is 0.0439. The van der Waals surface area contributed by atoms with Gasteiger partial charge in [-0.05, 0) is 31.4 Å². The predicted octanol–water partition coefficient (Wildman–Crippen LogP) is 1.48. The smallest absolute Gasteiger partial charge is 0.219 e. The third-order valence-electron chi connectivity index (χ3n) is 2.60. The van der Waals surface area contributed by atoms with E-state index in [1.807, 2.05) is 31.2 Å². The van der Waals surface area contributed by atoms with E-state index in [4.69, 9.17) is 10.5 Å². The summed E-state index contributed by atoms with van der Waals surface area (Å²) in [5.74, 6) is 0.911. The van der Waals surface area contributed by atoms with Crippen LogP contribution < -0.4 is 15.8 Å². The van der Waals surface area contributed by atoms with E-state index < -0.39 is 0 Å². The van der Waals surface area contributed by atoms with Crippen LogP contribution in [0.2, 0.25) is 0 Å². The number of hydrogen-bond acceptors (Lipinski definition) is 3. The molecule has 0 heterocycles. The average Bonchev–Trinajstić information content (AvgIpc) is 2.35. The van der Waals surface area contributed by atoms with Crippen molar-refractivity contribution in [3.05, 3.63) is 29.8 Å². The molecule has 1 aromatic carbocycles. The zero-order valence-corrected chi connectivity index (χ0v) is 11.1. The van der Waals surface area contributed by atoms with Gasteiger partial charge in [0.15, 0.2) is 0 Å². The highest BCUT2D eigenvalue weighted by Gasteiger charge is 2.05. The van der Waals surface area contributed by atoms with Gasteiger partial charge in [0.1, 0.15) is 5.75 Å². The van der Waals surface area contributed by atoms with E-state index in [2.05, 4.69) is 5.32 Å². The number of carbonyl (C=O) groups excluding carboxylic acids is 1. The van der Waals surface area contributed by atoms with Gasteiger partial charge in [0.25, 0.3) is 0 Å². The van der Waals surface area contributed by atoms with Crippen molar-refractivity contribution < 1.29 is 9.53 Å². The van der Waals surface area contributed by atoms with Gasteiger partial charge in [-0.25, -0.2) is 0 Å². The van der Waals surface area contributed by atoms with Crippen LogP contribution in [-0.4, -0.2) is 25.6 Å². The third-order valence-corrected chi connectivity index (χ3v) is 2.60. The maximum atomic E-state index is 11.1. The number of nitrogens with two attached hydrogens (primary N) is 1. The second-order valence-corrected chi connectivity index (χ2v) is 4.41. The molecule has 100 valence electrons. The van der Waals surface area contributed by atoms with Crippen molar-refractivity contribution in [2.45, 2.75) is 32.2 Å². The molecule has 1 atom stereocenters. The number of benzene rings is 1. The minimum absolute atomic E-state index is 0.0439. The largest absolute Gasteiger partial charge is 0.493 e. The monoisotopic (exact) mass is 250 g/mol. The number of amides is 1. The number of nitrogens with one attached hydrogen (secondary N) is 1. The molecule has 0 aliphatic heterocycles. The molecular formula is C14H22N2O2. The second-order valence-electron chi connectivity index (χ2n) is 4.41. The number of rotatable bonds is 7. The highest BCUT2D eigenvalue weighted by molar-refractivity contribution is 5.75. The molecule has 1 aromatic rings. The first-order valence-electron chi connectivity index (χ1n) is 6.30. The maximum absolute atomic E-state index is 11.1. The Labute approximate surface area is 109 Å². The van der Waals surface area contributed by atoms with Crippen molar-refractivity contribution in [1.29, 1.82) is 0 Å². The van der Waals surface area contributed by atoms with Gasteiger partial charge in [0, 0.05) is 19.5 Å². The summed E-state index contributed by atoms with van der Waals surface area (Å²) in [6.45, 7) is 2.52. The zero-order valence-electron chi connectivity index (χ0n) is 11.1. The molecule has 3 N–H and O–H groups in total. The van der Waals surface area contributed by atoms with Crippen molar-refractivity contribution in [2.75, 3.05) is 13.7 Å². The van der Waals surface area contributed by atoms with Crippen molar-refractivity contribution in [3.63, 3.8) is 0 Å². The second kappa shape index (κ2) is 7.71. The molecule has 0 bridgehead atoms. The molecule has 0 aromatic heterocycles. The van der Waals surface area contributed by atoms with E-state index in [1.165, 1.54) is 0 Å². The first-order chi connectivity index (χ1) is 8.63. The molecule has 4 nitrogen and oxygen atoms in total. The Bertz CT molecular complexity index is 378. The summed E-state index contributed by atoms with van der Waals surface area (Å²) in [5.41, 5.74) is 6.92. The topological polar surface area (TPSA) is 64.3 Å². The number of carbonyl (C=O) groups is 1. The van der Waals surface area contributed by atoms with Crippen LogP contribution in [0.1, 0.15) is 25.3 Å². The number of ether oxygens (including phenoxy) is 1. The lowest BCUT2D eigenvalue weighted by molar-refractivity contribution is -0.120. The lowest BCUT2D eigenvalue weighted by atomic mass is 10.1. The SMILES string of the molecule is CNC(=O)CCCOc1ccccc1CC(C)N. The summed E-state index contributed by atoms with van der Waals surface area (Å²) in [6.07, 6.45) is 2.00. The molecule has 1 rings (SSSR count). The molecule has 0 fully saturated rings. The lowest BCUT2D eigenvalue weighted by Crippen LogP contribution is -2.19. The summed E-state index contributed by atoms with van der Waals surface area (Å²) in [5, 5.41) is 2.59. The van der Waals surface area contributed by atoms with Crippen molar-refractivity contribution in [2.24, 2.45) is 5.73 Å². The summed E-state index contributed by atoms with van der Waals surface area (Å²) >= 11 is 0. The molecule has 1 amide bonds. The van der Waals surface area contributed by atoms with E-state index >= 15 is 0 Å². The van der Waals surface area contributed by atoms with E-state index in [1.54, 1.807) is 7.05 Å². The van der Waals surface area contributed by atoms with Gasteiger partial charge in [0.05, 0.1) is 6.61 Å². The average molecular weight is 250 g/mol. The Morgan fingerprint density at radius 1 is 1.44 bits per heavy atom. The molecule has 0 saturated carbocycles. The van der Waals surface area contributed by atoms with Gasteiger partial charge in [-0.15, -0.1) is 0 Å². The van der Waals surface area contributed by atoms with E-state index in [0.29, 0.717) is 19.4 Å². The fraction of sp³-hybridized carbons (Fsp3) is 0.500. The normalized spacial score (nSPS) is 11.9. The molecular weight excluding hydrogens is 228 g/mol. The van der Waals surface area contributed by atoms with Gasteiger partial charge >= 0.3 is 0 Å². The Balaban J connectivity index is 2.43. The van der Waals surface area contributed by atoms with Gasteiger partial charge in [-0.1, -0.05) is 18.2 Å². The molecule has 0 aliphatic rings. The molecule has 0 saturated heterocycles. The molecule has 4 heteroatoms. The summed E-state index contributed by atoms with van der Waals surface area (Å²) < 4.78 is 5.70. The Hall–Kier alpha value is -1.55. The fourth-order valence-electron chi connectivity index (χ4n) is 1.70. The van der Waals surface area contributed by atoms with Gasteiger partial charge in [-0.3, -0.25) is 4.79 Å². The van der Waals surface area contributed by atoms with Crippen molar-refractivity contribution >= 4 is 5.91 Å². The number of hydrogen-bond donors (Lipinski definition) is 2. The summed E-state index contributed by atoms with van der Waals surface area (Å²) in [7, 11) is 1.64. The van der Waals surface area contributed by atoms with Crippen molar-refractivity contribution in [1.82, 2.24) is 5.32 Å². The van der Waals surface area contributed by atoms with Crippen LogP contribution in [-0.2, 0) is 11.2 Å². The van der Waals surface area contributed by atoms with E-state index in [9.17, 15) is 4.79 Å². The Morgan fingerprint density at radius 2 is 2.17 bits per heavy atom. The predicted molar refractivity (Wildman–Crippen MR) is 72.6 cm³/mol. The quantitative estimate of drug-likeness (QED) is 0.720. The van der Waals surface area contributed by atoms with Gasteiger partial charge in [0.2, 0.25) is 5.91 Å². The van der Waals surface area contributed by atoms with E-state index in [-0.39, 0.29) is 11.9 Å². The molecule has 0 spiro atoms. The summed E-state index contributed by atoms with van der Waals surface area (Å²) in [4.78, 5) is 11.1. The van der Waals surface area contributed by atoms with E-state index in [0.717, 1.165) is 17.7 Å². The lowest BCUT2D eigenvalue weighted by Gasteiger charge is -2.12. The van der Waals surface area contributed by atoms with Crippen LogP contribution in [0.3, 0.4) is 0 Å². The maximum Gasteiger partial charge on any atom is 0.219 e. The third kappa shape index (κ3) is 5.19. The molecule has 18 heavy (non-hydrogen) atoms. The van der Waals surface area contributed by atoms with Crippen LogP contribution >= 0.6 is 0 Å². The van der Waals surface area contributed by atoms with Crippen LogP contribution in [0.5, 0.6) is 5.75 Å². The van der Waals surface area contributed by atoms with Gasteiger partial charge in [-0.2, -0.15) is 0 Å². The fourth-order valence-corrected chi connectivity index (χ4v) is 1.70. The zero-order chi connectivity index (χ0) is 13.4. The highest BCUT2D eigenvalue weighted by atomic mass is 16.5. The molecule has 1 unspecified atom stereocenters. The number of para-hydroxylation sites is 1. The van der Waals surface area contributed by atoms with Crippen LogP contribution in [0.15, 0.2) is 24.3 Å². The Morgan fingerprint density at radius 3 is 2.83 bits per heavy atom. The van der Waals surface area contributed by atoms with Crippen LogP contribution in [0, 0.1) is 0 Å². The highest BCUT2D eigenvalue weighted by Crippen LogP contribution is 2.19. The van der Waals surface area contributed by atoms with Gasteiger partial charge < -0.3 is 15.8 Å². The minimum Gasteiger partial charge on any atom is -0.493 e.